The molecule has 0 fully saturated rings. The number of methoxy groups -OCH3 is 1. The molecule has 1 aliphatic carbocycles. The summed E-state index contributed by atoms with van der Waals surface area (Å²) in [4.78, 5) is 0. The fourth-order valence-electron chi connectivity index (χ4n) is 3.68. The van der Waals surface area contributed by atoms with Gasteiger partial charge in [0.05, 0.1) is 7.11 Å². The number of ether oxygens (including phenoxy) is 1. The second-order valence-corrected chi connectivity index (χ2v) is 8.15. The Morgan fingerprint density at radius 3 is 2.41 bits per heavy atom. The number of aryl methyl sites for hydroxylation is 2. The predicted molar refractivity (Wildman–Crippen MR) is 95.9 cm³/mol. The monoisotopic (exact) mass is 302 g/mol. The van der Waals surface area contributed by atoms with Crippen LogP contribution >= 0.6 is 0 Å². The molecule has 0 radical (unpaired) electrons. The molecule has 1 aromatic carbocycles. The molecule has 0 saturated carbocycles. The normalized spacial score (nSPS) is 22.2. The zero-order chi connectivity index (χ0) is 16.3. The second-order valence-electron chi connectivity index (χ2n) is 8.15. The van der Waals surface area contributed by atoms with Crippen LogP contribution in [-0.4, -0.2) is 7.11 Å². The number of hydrogen-bond acceptors (Lipinski definition) is 1. The maximum Gasteiger partial charge on any atom is 0.122 e. The topological polar surface area (TPSA) is 9.23 Å². The average Bonchev–Trinajstić information content (AvgIpc) is 2.48. The highest BCUT2D eigenvalue weighted by Gasteiger charge is 2.26. The van der Waals surface area contributed by atoms with Crippen LogP contribution in [0.2, 0.25) is 0 Å². The van der Waals surface area contributed by atoms with Gasteiger partial charge in [0.25, 0.3) is 0 Å². The van der Waals surface area contributed by atoms with Gasteiger partial charge in [-0.2, -0.15) is 0 Å². The minimum atomic E-state index is 0.472. The molecule has 0 spiro atoms. The summed E-state index contributed by atoms with van der Waals surface area (Å²) in [5, 5.41) is 0. The van der Waals surface area contributed by atoms with Crippen LogP contribution in [0.3, 0.4) is 0 Å². The molecule has 0 aromatic heterocycles. The zero-order valence-corrected chi connectivity index (χ0v) is 15.5. The fourth-order valence-corrected chi connectivity index (χ4v) is 3.68. The highest BCUT2D eigenvalue weighted by Crippen LogP contribution is 2.38. The SMILES string of the molecule is COc1cc2c(cc1C(C)C)CCCCC(C)(C)C(C)CC2. The zero-order valence-electron chi connectivity index (χ0n) is 15.5. The molecule has 1 atom stereocenters. The number of rotatable bonds is 2. The largest absolute Gasteiger partial charge is 0.496 e. The Bertz CT molecular complexity index is 499. The van der Waals surface area contributed by atoms with Crippen LogP contribution in [0.25, 0.3) is 0 Å². The lowest BCUT2D eigenvalue weighted by atomic mass is 9.72. The van der Waals surface area contributed by atoms with Gasteiger partial charge in [-0.1, -0.05) is 47.1 Å². The Labute approximate surface area is 137 Å². The van der Waals surface area contributed by atoms with Gasteiger partial charge in [-0.15, -0.1) is 0 Å². The van der Waals surface area contributed by atoms with E-state index in [0.29, 0.717) is 11.3 Å². The summed E-state index contributed by atoms with van der Waals surface area (Å²) in [5.74, 6) is 2.38. The minimum Gasteiger partial charge on any atom is -0.496 e. The van der Waals surface area contributed by atoms with E-state index in [1.807, 2.05) is 0 Å². The summed E-state index contributed by atoms with van der Waals surface area (Å²) in [6, 6.07) is 4.75. The summed E-state index contributed by atoms with van der Waals surface area (Å²) in [6.45, 7) is 11.8. The Hall–Kier alpha value is -0.980. The maximum atomic E-state index is 5.67. The molecule has 22 heavy (non-hydrogen) atoms. The van der Waals surface area contributed by atoms with E-state index < -0.39 is 0 Å². The molecule has 0 saturated heterocycles. The van der Waals surface area contributed by atoms with Gasteiger partial charge in [0.1, 0.15) is 5.75 Å². The van der Waals surface area contributed by atoms with Crippen LogP contribution in [0.4, 0.5) is 0 Å². The lowest BCUT2D eigenvalue weighted by molar-refractivity contribution is 0.193. The van der Waals surface area contributed by atoms with E-state index in [0.717, 1.165) is 11.7 Å². The van der Waals surface area contributed by atoms with Crippen LogP contribution < -0.4 is 4.74 Å². The van der Waals surface area contributed by atoms with E-state index in [1.54, 1.807) is 12.7 Å². The number of hydrogen-bond donors (Lipinski definition) is 0. The molecule has 1 aromatic rings. The molecule has 2 rings (SSSR count). The summed E-state index contributed by atoms with van der Waals surface area (Å²) < 4.78 is 5.67. The first-order valence-corrected chi connectivity index (χ1v) is 9.05. The van der Waals surface area contributed by atoms with Crippen molar-refractivity contribution in [2.75, 3.05) is 7.11 Å². The standard InChI is InChI=1S/C21H34O/c1-15(2)19-13-17-9-7-8-12-21(4,5)16(3)10-11-18(17)14-20(19)22-6/h13-16H,7-12H2,1-6H3. The van der Waals surface area contributed by atoms with Crippen LogP contribution in [0.15, 0.2) is 12.1 Å². The number of fused-ring (bicyclic) bond motifs is 1. The van der Waals surface area contributed by atoms with Crippen molar-refractivity contribution < 1.29 is 4.74 Å². The molecular weight excluding hydrogens is 268 g/mol. The van der Waals surface area contributed by atoms with Gasteiger partial charge in [0.2, 0.25) is 0 Å². The smallest absolute Gasteiger partial charge is 0.122 e. The molecule has 1 nitrogen and oxygen atoms in total. The second kappa shape index (κ2) is 7.06. The van der Waals surface area contributed by atoms with Crippen molar-refractivity contribution in [2.24, 2.45) is 11.3 Å². The fraction of sp³-hybridized carbons (Fsp3) is 0.714. The molecule has 124 valence electrons. The first kappa shape index (κ1) is 17.4. The van der Waals surface area contributed by atoms with E-state index in [4.69, 9.17) is 4.74 Å². The Kier molecular flexibility index (Phi) is 5.58. The van der Waals surface area contributed by atoms with E-state index in [2.05, 4.69) is 46.8 Å². The highest BCUT2D eigenvalue weighted by atomic mass is 16.5. The lowest BCUT2D eigenvalue weighted by Crippen LogP contribution is -2.23. The maximum absolute atomic E-state index is 5.67. The lowest BCUT2D eigenvalue weighted by Gasteiger charge is -2.33. The van der Waals surface area contributed by atoms with Gasteiger partial charge < -0.3 is 4.74 Å². The Balaban J connectivity index is 2.34. The molecule has 1 heteroatoms. The Morgan fingerprint density at radius 1 is 1.09 bits per heavy atom. The summed E-state index contributed by atoms with van der Waals surface area (Å²) in [5.41, 5.74) is 4.92. The van der Waals surface area contributed by atoms with Crippen molar-refractivity contribution in [3.63, 3.8) is 0 Å². The van der Waals surface area contributed by atoms with Gasteiger partial charge in [0, 0.05) is 0 Å². The van der Waals surface area contributed by atoms with Crippen molar-refractivity contribution in [1.29, 1.82) is 0 Å². The molecule has 0 N–H and O–H groups in total. The molecule has 0 heterocycles. The minimum absolute atomic E-state index is 0.472. The first-order chi connectivity index (χ1) is 10.3. The van der Waals surface area contributed by atoms with Crippen LogP contribution in [0.5, 0.6) is 5.75 Å². The van der Waals surface area contributed by atoms with E-state index in [1.165, 1.54) is 49.7 Å². The van der Waals surface area contributed by atoms with E-state index in [9.17, 15) is 0 Å². The third-order valence-electron chi connectivity index (χ3n) is 5.87. The van der Waals surface area contributed by atoms with Crippen molar-refractivity contribution in [1.82, 2.24) is 0 Å². The Morgan fingerprint density at radius 2 is 1.77 bits per heavy atom. The summed E-state index contributed by atoms with van der Waals surface area (Å²) in [6.07, 6.45) is 7.71. The van der Waals surface area contributed by atoms with Crippen LogP contribution in [0, 0.1) is 11.3 Å². The van der Waals surface area contributed by atoms with E-state index in [-0.39, 0.29) is 0 Å². The summed E-state index contributed by atoms with van der Waals surface area (Å²) >= 11 is 0. The van der Waals surface area contributed by atoms with Crippen molar-refractivity contribution in [2.45, 2.75) is 79.1 Å². The molecule has 1 aliphatic rings. The van der Waals surface area contributed by atoms with Crippen LogP contribution in [0.1, 0.15) is 82.9 Å². The van der Waals surface area contributed by atoms with Crippen molar-refractivity contribution in [3.8, 4) is 5.75 Å². The van der Waals surface area contributed by atoms with Gasteiger partial charge in [-0.05, 0) is 72.1 Å². The quantitative estimate of drug-likeness (QED) is 0.637. The summed E-state index contributed by atoms with van der Waals surface area (Å²) in [7, 11) is 1.81. The average molecular weight is 303 g/mol. The molecular formula is C21H34O. The van der Waals surface area contributed by atoms with Gasteiger partial charge in [-0.25, -0.2) is 0 Å². The molecule has 1 unspecified atom stereocenters. The molecule has 0 amide bonds. The van der Waals surface area contributed by atoms with Crippen LogP contribution in [-0.2, 0) is 12.8 Å². The number of benzene rings is 1. The van der Waals surface area contributed by atoms with Crippen molar-refractivity contribution in [3.05, 3.63) is 28.8 Å². The third-order valence-corrected chi connectivity index (χ3v) is 5.87. The van der Waals surface area contributed by atoms with Gasteiger partial charge in [-0.3, -0.25) is 0 Å². The first-order valence-electron chi connectivity index (χ1n) is 9.05. The molecule has 0 bridgehead atoms. The molecule has 0 aliphatic heterocycles. The van der Waals surface area contributed by atoms with E-state index >= 15 is 0 Å². The van der Waals surface area contributed by atoms with Gasteiger partial charge >= 0.3 is 0 Å². The predicted octanol–water partition coefficient (Wildman–Crippen LogP) is 6.14. The van der Waals surface area contributed by atoms with Crippen molar-refractivity contribution >= 4 is 0 Å². The third kappa shape index (κ3) is 3.86. The highest BCUT2D eigenvalue weighted by molar-refractivity contribution is 5.44. The van der Waals surface area contributed by atoms with Gasteiger partial charge in [0.15, 0.2) is 0 Å².